The molecule has 1 unspecified atom stereocenters. The number of halogens is 1. The average Bonchev–Trinajstić information content (AvgIpc) is 3.27. The first-order valence-electron chi connectivity index (χ1n) is 9.16. The Morgan fingerprint density at radius 1 is 1.22 bits per heavy atom. The molecule has 1 aromatic heterocycles. The van der Waals surface area contributed by atoms with Gasteiger partial charge in [0, 0.05) is 20.2 Å². The number of hydrogen-bond donors (Lipinski definition) is 2. The molecular formula is C19H29IN6O. The molecule has 1 aliphatic rings. The standard InChI is InChI=1S/C19H28N6O.HI/c1-14-6-8-16(9-7-14)11-20-19(21-12-17-5-4-10-26-17)22-13-18-24-23-15(2)25(18)3;/h6-9,17H,4-5,10-13H2,1-3H3,(H2,20,21,22);1H. The zero-order valence-electron chi connectivity index (χ0n) is 16.2. The molecule has 1 atom stereocenters. The molecule has 1 aliphatic heterocycles. The maximum atomic E-state index is 5.69. The molecule has 27 heavy (non-hydrogen) atoms. The smallest absolute Gasteiger partial charge is 0.192 e. The van der Waals surface area contributed by atoms with Crippen LogP contribution in [0.5, 0.6) is 0 Å². The molecule has 8 heteroatoms. The summed E-state index contributed by atoms with van der Waals surface area (Å²) in [6, 6.07) is 8.45. The highest BCUT2D eigenvalue weighted by Gasteiger charge is 2.16. The number of hydrogen-bond acceptors (Lipinski definition) is 4. The summed E-state index contributed by atoms with van der Waals surface area (Å²) in [6.45, 7) is 6.84. The van der Waals surface area contributed by atoms with E-state index in [1.165, 1.54) is 11.1 Å². The van der Waals surface area contributed by atoms with Crippen LogP contribution in [0.3, 0.4) is 0 Å². The van der Waals surface area contributed by atoms with Crippen molar-refractivity contribution in [1.82, 2.24) is 25.4 Å². The molecule has 148 valence electrons. The average molecular weight is 484 g/mol. The summed E-state index contributed by atoms with van der Waals surface area (Å²) in [7, 11) is 1.97. The van der Waals surface area contributed by atoms with Crippen molar-refractivity contribution in [3.05, 3.63) is 47.0 Å². The minimum atomic E-state index is 0. The van der Waals surface area contributed by atoms with Gasteiger partial charge in [0.1, 0.15) is 5.82 Å². The Morgan fingerprint density at radius 2 is 2.00 bits per heavy atom. The van der Waals surface area contributed by atoms with E-state index in [1.807, 2.05) is 18.5 Å². The Bertz CT molecular complexity index is 737. The van der Waals surface area contributed by atoms with Gasteiger partial charge in [-0.15, -0.1) is 34.2 Å². The largest absolute Gasteiger partial charge is 0.376 e. The van der Waals surface area contributed by atoms with Gasteiger partial charge in [0.25, 0.3) is 0 Å². The molecule has 0 spiro atoms. The zero-order chi connectivity index (χ0) is 18.4. The van der Waals surface area contributed by atoms with Gasteiger partial charge in [0.15, 0.2) is 11.8 Å². The highest BCUT2D eigenvalue weighted by molar-refractivity contribution is 14.0. The fourth-order valence-electron chi connectivity index (χ4n) is 2.82. The number of nitrogens with one attached hydrogen (secondary N) is 2. The fraction of sp³-hybridized carbons (Fsp3) is 0.526. The van der Waals surface area contributed by atoms with Crippen LogP contribution in [0.4, 0.5) is 0 Å². The third-order valence-electron chi connectivity index (χ3n) is 4.66. The van der Waals surface area contributed by atoms with Crippen LogP contribution in [0.1, 0.15) is 35.6 Å². The number of aromatic nitrogens is 3. The monoisotopic (exact) mass is 484 g/mol. The van der Waals surface area contributed by atoms with Gasteiger partial charge >= 0.3 is 0 Å². The molecule has 2 N–H and O–H groups in total. The van der Waals surface area contributed by atoms with Gasteiger partial charge in [-0.25, -0.2) is 4.99 Å². The number of nitrogens with zero attached hydrogens (tertiary/aromatic N) is 4. The van der Waals surface area contributed by atoms with Crippen LogP contribution < -0.4 is 10.6 Å². The number of aryl methyl sites for hydroxylation is 2. The molecule has 1 aromatic carbocycles. The maximum absolute atomic E-state index is 5.69. The lowest BCUT2D eigenvalue weighted by Crippen LogP contribution is -2.41. The van der Waals surface area contributed by atoms with E-state index >= 15 is 0 Å². The quantitative estimate of drug-likeness (QED) is 0.375. The van der Waals surface area contributed by atoms with E-state index in [2.05, 4.69) is 52.0 Å². The topological polar surface area (TPSA) is 76.4 Å². The van der Waals surface area contributed by atoms with E-state index in [4.69, 9.17) is 9.73 Å². The molecule has 2 heterocycles. The minimum absolute atomic E-state index is 0. The first kappa shape index (κ1) is 21.6. The van der Waals surface area contributed by atoms with Crippen LogP contribution in [0, 0.1) is 13.8 Å². The first-order chi connectivity index (χ1) is 12.6. The Labute approximate surface area is 178 Å². The molecule has 3 rings (SSSR count). The second-order valence-corrected chi connectivity index (χ2v) is 6.74. The van der Waals surface area contributed by atoms with Crippen LogP contribution in [-0.2, 0) is 24.9 Å². The number of ether oxygens (including phenoxy) is 1. The summed E-state index contributed by atoms with van der Waals surface area (Å²) in [5.41, 5.74) is 2.44. The highest BCUT2D eigenvalue weighted by Crippen LogP contribution is 2.10. The van der Waals surface area contributed by atoms with Crippen molar-refractivity contribution in [2.24, 2.45) is 12.0 Å². The van der Waals surface area contributed by atoms with Crippen molar-refractivity contribution in [2.75, 3.05) is 13.2 Å². The molecular weight excluding hydrogens is 455 g/mol. The molecule has 2 aromatic rings. The third kappa shape index (κ3) is 6.46. The third-order valence-corrected chi connectivity index (χ3v) is 4.66. The number of benzene rings is 1. The van der Waals surface area contributed by atoms with Crippen molar-refractivity contribution >= 4 is 29.9 Å². The van der Waals surface area contributed by atoms with Crippen molar-refractivity contribution in [3.8, 4) is 0 Å². The second kappa shape index (κ2) is 10.6. The zero-order valence-corrected chi connectivity index (χ0v) is 18.6. The Morgan fingerprint density at radius 3 is 2.63 bits per heavy atom. The van der Waals surface area contributed by atoms with E-state index in [0.29, 0.717) is 13.1 Å². The Hall–Kier alpha value is -1.68. The number of guanidine groups is 1. The number of aliphatic imine (C=N–C) groups is 1. The predicted molar refractivity (Wildman–Crippen MR) is 117 cm³/mol. The molecule has 0 aliphatic carbocycles. The normalized spacial score (nSPS) is 16.9. The lowest BCUT2D eigenvalue weighted by Gasteiger charge is -2.15. The van der Waals surface area contributed by atoms with Crippen molar-refractivity contribution < 1.29 is 4.74 Å². The highest BCUT2D eigenvalue weighted by atomic mass is 127. The van der Waals surface area contributed by atoms with E-state index in [0.717, 1.165) is 43.6 Å². The minimum Gasteiger partial charge on any atom is -0.376 e. The van der Waals surface area contributed by atoms with Crippen molar-refractivity contribution in [1.29, 1.82) is 0 Å². The fourth-order valence-corrected chi connectivity index (χ4v) is 2.82. The summed E-state index contributed by atoms with van der Waals surface area (Å²) in [4.78, 5) is 4.72. The molecule has 0 bridgehead atoms. The summed E-state index contributed by atoms with van der Waals surface area (Å²) in [5, 5.41) is 15.0. The molecule has 0 amide bonds. The maximum Gasteiger partial charge on any atom is 0.192 e. The van der Waals surface area contributed by atoms with E-state index in [1.54, 1.807) is 0 Å². The summed E-state index contributed by atoms with van der Waals surface area (Å²) in [5.74, 6) is 2.54. The molecule has 1 saturated heterocycles. The SMILES string of the molecule is Cc1ccc(CN=C(NCc2nnc(C)n2C)NCC2CCCO2)cc1.I. The van der Waals surface area contributed by atoms with E-state index in [9.17, 15) is 0 Å². The van der Waals surface area contributed by atoms with Gasteiger partial charge in [-0.1, -0.05) is 29.8 Å². The van der Waals surface area contributed by atoms with Gasteiger partial charge in [-0.05, 0) is 32.3 Å². The Balaban J connectivity index is 0.00000261. The van der Waals surface area contributed by atoms with Gasteiger partial charge in [0.05, 0.1) is 19.2 Å². The van der Waals surface area contributed by atoms with Gasteiger partial charge in [-0.3, -0.25) is 0 Å². The lowest BCUT2D eigenvalue weighted by atomic mass is 10.1. The van der Waals surface area contributed by atoms with Crippen molar-refractivity contribution in [2.45, 2.75) is 45.9 Å². The Kier molecular flexibility index (Phi) is 8.49. The lowest BCUT2D eigenvalue weighted by molar-refractivity contribution is 0.113. The van der Waals surface area contributed by atoms with Gasteiger partial charge in [-0.2, -0.15) is 0 Å². The van der Waals surface area contributed by atoms with Crippen LogP contribution >= 0.6 is 24.0 Å². The number of rotatable bonds is 6. The van der Waals surface area contributed by atoms with Crippen LogP contribution in [-0.4, -0.2) is 40.0 Å². The summed E-state index contributed by atoms with van der Waals surface area (Å²) in [6.07, 6.45) is 2.49. The first-order valence-corrected chi connectivity index (χ1v) is 9.16. The van der Waals surface area contributed by atoms with E-state index in [-0.39, 0.29) is 30.1 Å². The summed E-state index contributed by atoms with van der Waals surface area (Å²) < 4.78 is 7.67. The van der Waals surface area contributed by atoms with Crippen molar-refractivity contribution in [3.63, 3.8) is 0 Å². The summed E-state index contributed by atoms with van der Waals surface area (Å²) >= 11 is 0. The van der Waals surface area contributed by atoms with E-state index < -0.39 is 0 Å². The predicted octanol–water partition coefficient (Wildman–Crippen LogP) is 2.46. The van der Waals surface area contributed by atoms with Gasteiger partial charge < -0.3 is 19.9 Å². The molecule has 0 saturated carbocycles. The molecule has 7 nitrogen and oxygen atoms in total. The van der Waals surface area contributed by atoms with Gasteiger partial charge in [0.2, 0.25) is 0 Å². The van der Waals surface area contributed by atoms with Crippen LogP contribution in [0.2, 0.25) is 0 Å². The molecule has 0 radical (unpaired) electrons. The van der Waals surface area contributed by atoms with Crippen LogP contribution in [0.25, 0.3) is 0 Å². The molecule has 1 fully saturated rings. The van der Waals surface area contributed by atoms with Crippen LogP contribution in [0.15, 0.2) is 29.3 Å². The second-order valence-electron chi connectivity index (χ2n) is 6.74.